The van der Waals surface area contributed by atoms with Crippen LogP contribution in [0.3, 0.4) is 0 Å². The molecule has 0 aliphatic rings. The van der Waals surface area contributed by atoms with Crippen LogP contribution in [0.4, 0.5) is 23.7 Å². The van der Waals surface area contributed by atoms with Gasteiger partial charge in [0.1, 0.15) is 6.54 Å². The molecule has 1 aromatic rings. The molecule has 3 N–H and O–H groups in total. The van der Waals surface area contributed by atoms with Gasteiger partial charge in [-0.25, -0.2) is 4.79 Å². The fourth-order valence-corrected chi connectivity index (χ4v) is 1.87. The molecule has 0 atom stereocenters. The second-order valence-electron chi connectivity index (χ2n) is 5.05. The van der Waals surface area contributed by atoms with Crippen LogP contribution in [0.1, 0.15) is 0 Å². The van der Waals surface area contributed by atoms with E-state index in [2.05, 4.69) is 5.32 Å². The van der Waals surface area contributed by atoms with Crippen LogP contribution >= 0.6 is 11.6 Å². The minimum absolute atomic E-state index is 0.192. The third kappa shape index (κ3) is 8.91. The summed E-state index contributed by atoms with van der Waals surface area (Å²) in [6.07, 6.45) is -4.58. The van der Waals surface area contributed by atoms with Gasteiger partial charge in [0.2, 0.25) is 11.8 Å². The fraction of sp³-hybridized carbons (Fsp3) is 0.357. The molecule has 4 amide bonds. The highest BCUT2D eigenvalue weighted by Gasteiger charge is 2.28. The van der Waals surface area contributed by atoms with Gasteiger partial charge >= 0.3 is 12.2 Å². The summed E-state index contributed by atoms with van der Waals surface area (Å²) < 4.78 is 35.8. The second-order valence-corrected chi connectivity index (χ2v) is 5.45. The predicted molar refractivity (Wildman–Crippen MR) is 85.2 cm³/mol. The zero-order chi connectivity index (χ0) is 19.0. The van der Waals surface area contributed by atoms with E-state index in [-0.39, 0.29) is 13.1 Å². The van der Waals surface area contributed by atoms with E-state index in [0.717, 1.165) is 0 Å². The van der Waals surface area contributed by atoms with Crippen LogP contribution in [0.25, 0.3) is 0 Å². The van der Waals surface area contributed by atoms with Gasteiger partial charge < -0.3 is 10.6 Å². The van der Waals surface area contributed by atoms with Crippen molar-refractivity contribution in [1.29, 1.82) is 0 Å². The molecule has 0 aliphatic heterocycles. The third-order valence-corrected chi connectivity index (χ3v) is 3.01. The first kappa shape index (κ1) is 20.7. The van der Waals surface area contributed by atoms with Crippen LogP contribution < -0.4 is 16.0 Å². The number of halogens is 4. The average molecular weight is 381 g/mol. The SMILES string of the molecule is CN(CC(=O)NC(=O)NCC(F)(F)F)CC(=O)Nc1ccccc1Cl. The molecule has 0 aromatic heterocycles. The number of hydrogen-bond acceptors (Lipinski definition) is 4. The number of nitrogens with one attached hydrogen (secondary N) is 3. The number of anilines is 1. The van der Waals surface area contributed by atoms with E-state index >= 15 is 0 Å². The lowest BCUT2D eigenvalue weighted by Gasteiger charge is -2.16. The van der Waals surface area contributed by atoms with E-state index < -0.39 is 30.6 Å². The van der Waals surface area contributed by atoms with Crippen molar-refractivity contribution < 1.29 is 27.6 Å². The molecule has 1 rings (SSSR count). The van der Waals surface area contributed by atoms with Gasteiger partial charge in [-0.2, -0.15) is 13.2 Å². The van der Waals surface area contributed by atoms with Crippen molar-refractivity contribution in [3.63, 3.8) is 0 Å². The number of carbonyl (C=O) groups is 3. The van der Waals surface area contributed by atoms with Gasteiger partial charge in [0.25, 0.3) is 0 Å². The van der Waals surface area contributed by atoms with Crippen LogP contribution in [-0.4, -0.2) is 55.6 Å². The van der Waals surface area contributed by atoms with Crippen molar-refractivity contribution in [2.24, 2.45) is 0 Å². The third-order valence-electron chi connectivity index (χ3n) is 2.68. The number of benzene rings is 1. The Balaban J connectivity index is 2.36. The van der Waals surface area contributed by atoms with Crippen LogP contribution in [0.5, 0.6) is 0 Å². The minimum Gasteiger partial charge on any atom is -0.329 e. The number of carbonyl (C=O) groups excluding carboxylic acids is 3. The molecular formula is C14H16ClF3N4O3. The Labute approximate surface area is 146 Å². The normalized spacial score (nSPS) is 11.1. The molecule has 0 saturated heterocycles. The summed E-state index contributed by atoms with van der Waals surface area (Å²) in [6, 6.07) is 5.29. The molecule has 0 saturated carbocycles. The fourth-order valence-electron chi connectivity index (χ4n) is 1.69. The molecule has 138 valence electrons. The highest BCUT2D eigenvalue weighted by molar-refractivity contribution is 6.33. The molecule has 0 spiro atoms. The molecular weight excluding hydrogens is 365 g/mol. The van der Waals surface area contributed by atoms with E-state index in [9.17, 15) is 27.6 Å². The van der Waals surface area contributed by atoms with Crippen LogP contribution in [-0.2, 0) is 9.59 Å². The van der Waals surface area contributed by atoms with Crippen molar-refractivity contribution >= 4 is 35.1 Å². The van der Waals surface area contributed by atoms with Gasteiger partial charge in [-0.15, -0.1) is 0 Å². The first-order valence-corrected chi connectivity index (χ1v) is 7.32. The number of imide groups is 1. The maximum atomic E-state index is 11.9. The van der Waals surface area contributed by atoms with Crippen molar-refractivity contribution in [2.45, 2.75) is 6.18 Å². The summed E-state index contributed by atoms with van der Waals surface area (Å²) in [4.78, 5) is 35.8. The van der Waals surface area contributed by atoms with Crippen molar-refractivity contribution in [1.82, 2.24) is 15.5 Å². The molecule has 0 fully saturated rings. The maximum absolute atomic E-state index is 11.9. The maximum Gasteiger partial charge on any atom is 0.405 e. The number of para-hydroxylation sites is 1. The molecule has 1 aromatic carbocycles. The predicted octanol–water partition coefficient (Wildman–Crippen LogP) is 1.60. The Bertz CT molecular complexity index is 640. The first-order valence-electron chi connectivity index (χ1n) is 6.94. The summed E-state index contributed by atoms with van der Waals surface area (Å²) in [5.41, 5.74) is 0.401. The summed E-state index contributed by atoms with van der Waals surface area (Å²) in [5, 5.41) is 6.12. The molecule has 0 heterocycles. The molecule has 7 nitrogen and oxygen atoms in total. The molecule has 11 heteroatoms. The van der Waals surface area contributed by atoms with Crippen LogP contribution in [0.15, 0.2) is 24.3 Å². The van der Waals surface area contributed by atoms with E-state index in [4.69, 9.17) is 11.6 Å². The number of amides is 4. The number of alkyl halides is 3. The second kappa shape index (κ2) is 9.23. The van der Waals surface area contributed by atoms with Gasteiger partial charge in [-0.05, 0) is 19.2 Å². The van der Waals surface area contributed by atoms with Gasteiger partial charge in [0.15, 0.2) is 0 Å². The van der Waals surface area contributed by atoms with Gasteiger partial charge in [-0.1, -0.05) is 23.7 Å². The van der Waals surface area contributed by atoms with Crippen molar-refractivity contribution in [3.8, 4) is 0 Å². The Hall–Kier alpha value is -2.33. The quantitative estimate of drug-likeness (QED) is 0.699. The van der Waals surface area contributed by atoms with Crippen LogP contribution in [0, 0.1) is 0 Å². The molecule has 0 unspecified atom stereocenters. The average Bonchev–Trinajstić information content (AvgIpc) is 2.46. The zero-order valence-electron chi connectivity index (χ0n) is 13.1. The van der Waals surface area contributed by atoms with E-state index in [1.165, 1.54) is 17.3 Å². The topological polar surface area (TPSA) is 90.5 Å². The zero-order valence-corrected chi connectivity index (χ0v) is 13.9. The van der Waals surface area contributed by atoms with Gasteiger partial charge in [-0.3, -0.25) is 19.8 Å². The van der Waals surface area contributed by atoms with Crippen LogP contribution in [0.2, 0.25) is 5.02 Å². The Morgan fingerprint density at radius 2 is 1.72 bits per heavy atom. The first-order chi connectivity index (χ1) is 11.6. The van der Waals surface area contributed by atoms with E-state index in [1.807, 2.05) is 0 Å². The molecule has 25 heavy (non-hydrogen) atoms. The summed E-state index contributed by atoms with van der Waals surface area (Å²) >= 11 is 5.89. The minimum atomic E-state index is -4.58. The van der Waals surface area contributed by atoms with Crippen molar-refractivity contribution in [3.05, 3.63) is 29.3 Å². The van der Waals surface area contributed by atoms with Gasteiger partial charge in [0.05, 0.1) is 23.8 Å². The molecule has 0 aliphatic carbocycles. The lowest BCUT2D eigenvalue weighted by molar-refractivity contribution is -0.125. The molecule has 0 radical (unpaired) electrons. The number of nitrogens with zero attached hydrogens (tertiary/aromatic N) is 1. The molecule has 0 bridgehead atoms. The van der Waals surface area contributed by atoms with Crippen molar-refractivity contribution in [2.75, 3.05) is 32.0 Å². The standard InChI is InChI=1S/C14H16ClF3N4O3/c1-22(6-11(23)20-10-5-3-2-4-9(10)15)7-12(24)21-13(25)19-8-14(16,17)18/h2-5H,6-8H2,1H3,(H,20,23)(H2,19,21,24,25). The lowest BCUT2D eigenvalue weighted by Crippen LogP contribution is -2.47. The smallest absolute Gasteiger partial charge is 0.329 e. The Morgan fingerprint density at radius 3 is 2.32 bits per heavy atom. The summed E-state index contributed by atoms with van der Waals surface area (Å²) in [6.45, 7) is -2.11. The van der Waals surface area contributed by atoms with E-state index in [1.54, 1.807) is 29.6 Å². The van der Waals surface area contributed by atoms with E-state index in [0.29, 0.717) is 10.7 Å². The Kier molecular flexibility index (Phi) is 7.65. The Morgan fingerprint density at radius 1 is 1.12 bits per heavy atom. The lowest BCUT2D eigenvalue weighted by atomic mass is 10.3. The highest BCUT2D eigenvalue weighted by atomic mass is 35.5. The number of urea groups is 1. The largest absolute Gasteiger partial charge is 0.405 e. The number of hydrogen-bond donors (Lipinski definition) is 3. The summed E-state index contributed by atoms with van der Waals surface area (Å²) in [7, 11) is 1.43. The van der Waals surface area contributed by atoms with Gasteiger partial charge in [0, 0.05) is 0 Å². The monoisotopic (exact) mass is 380 g/mol. The summed E-state index contributed by atoms with van der Waals surface area (Å²) in [5.74, 6) is -1.31. The number of rotatable bonds is 6. The highest BCUT2D eigenvalue weighted by Crippen LogP contribution is 2.20. The number of likely N-dealkylation sites (N-methyl/N-ethyl adjacent to an activating group) is 1.